The first-order valence-corrected chi connectivity index (χ1v) is 37.2. The lowest BCUT2D eigenvalue weighted by Crippen LogP contribution is -2.12. The summed E-state index contributed by atoms with van der Waals surface area (Å²) in [5.41, 5.74) is 19.8. The summed E-state index contributed by atoms with van der Waals surface area (Å²) in [6.07, 6.45) is 0. The van der Waals surface area contributed by atoms with Gasteiger partial charge in [-0.15, -0.1) is 0 Å². The molecule has 18 rings (SSSR count). The molecule has 0 aliphatic heterocycles. The van der Waals surface area contributed by atoms with Crippen LogP contribution < -0.4 is 34.1 Å². The molecule has 0 N–H and O–H groups in total. The van der Waals surface area contributed by atoms with Crippen LogP contribution in [0.4, 0.5) is 85.3 Å². The van der Waals surface area contributed by atoms with Gasteiger partial charge in [0.05, 0.1) is 41.2 Å². The van der Waals surface area contributed by atoms with Crippen molar-refractivity contribution in [3.05, 3.63) is 412 Å². The highest BCUT2D eigenvalue weighted by Gasteiger charge is 2.22. The third-order valence-corrected chi connectivity index (χ3v) is 20.8. The summed E-state index contributed by atoms with van der Waals surface area (Å²) in [6.45, 7) is 4.25. The van der Waals surface area contributed by atoms with Gasteiger partial charge in [0, 0.05) is 105 Å². The molecule has 7 nitrogen and oxygen atoms in total. The molecule has 0 aliphatic rings. The van der Waals surface area contributed by atoms with Crippen LogP contribution in [0.1, 0.15) is 11.1 Å². The Kier molecular flexibility index (Phi) is 20.0. The number of aryl methyl sites for hydroxylation is 2. The highest BCUT2D eigenvalue weighted by Crippen LogP contribution is 2.47. The van der Waals surface area contributed by atoms with Crippen molar-refractivity contribution in [1.82, 2.24) is 0 Å². The number of methoxy groups -OCH3 is 1. The van der Waals surface area contributed by atoms with Gasteiger partial charge in [0.2, 0.25) is 0 Å². The normalized spacial score (nSPS) is 11.0. The minimum atomic E-state index is 0.855. The van der Waals surface area contributed by atoms with Crippen LogP contribution in [-0.2, 0) is 0 Å². The fourth-order valence-corrected chi connectivity index (χ4v) is 15.0. The van der Waals surface area contributed by atoms with Gasteiger partial charge in [-0.1, -0.05) is 248 Å². The van der Waals surface area contributed by atoms with E-state index in [0.29, 0.717) is 0 Å². The molecule has 0 amide bonds. The zero-order valence-electron chi connectivity index (χ0n) is 62.2. The smallest absolute Gasteiger partial charge is 0.119 e. The zero-order valence-corrected chi connectivity index (χ0v) is 62.2. The number of hydrogen-bond acceptors (Lipinski definition) is 7. The van der Waals surface area contributed by atoms with Crippen LogP contribution in [-0.4, -0.2) is 28.3 Å². The Balaban J connectivity index is 0.000000124. The maximum Gasteiger partial charge on any atom is 0.119 e. The van der Waals surface area contributed by atoms with E-state index in [1.54, 1.807) is 7.11 Å². The van der Waals surface area contributed by atoms with Crippen molar-refractivity contribution in [1.29, 1.82) is 0 Å². The molecule has 0 heterocycles. The molecule has 18 aromatic carbocycles. The zero-order chi connectivity index (χ0) is 74.2. The molecule has 0 spiro atoms. The van der Waals surface area contributed by atoms with Crippen LogP contribution in [0.25, 0.3) is 64.6 Å². The Hall–Kier alpha value is -13.9. The number of rotatable bonds is 16. The number of ether oxygens (including phenoxy) is 1. The van der Waals surface area contributed by atoms with Crippen molar-refractivity contribution >= 4 is 150 Å². The van der Waals surface area contributed by atoms with Gasteiger partial charge in [-0.3, -0.25) is 0 Å². The van der Waals surface area contributed by atoms with Crippen molar-refractivity contribution in [2.45, 2.75) is 13.8 Å². The lowest BCUT2D eigenvalue weighted by atomic mass is 10.0. The monoisotopic (exact) mass is 1410 g/mol. The topological polar surface area (TPSA) is 28.7 Å². The summed E-state index contributed by atoms with van der Waals surface area (Å²) < 4.78 is 5.32. The van der Waals surface area contributed by atoms with Crippen LogP contribution in [0.3, 0.4) is 0 Å². The van der Waals surface area contributed by atoms with Crippen molar-refractivity contribution in [3.63, 3.8) is 0 Å². The molecule has 7 heteroatoms. The molecule has 0 aromatic heterocycles. The number of fused-ring (bicyclic) bond motifs is 6. The van der Waals surface area contributed by atoms with E-state index in [0.717, 1.165) is 56.9 Å². The summed E-state index contributed by atoms with van der Waals surface area (Å²) in [6, 6.07) is 143. The van der Waals surface area contributed by atoms with E-state index >= 15 is 0 Å². The Labute approximate surface area is 639 Å². The van der Waals surface area contributed by atoms with E-state index in [9.17, 15) is 0 Å². The molecule has 0 saturated heterocycles. The summed E-state index contributed by atoms with van der Waals surface area (Å²) in [4.78, 5) is 13.8. The predicted molar refractivity (Wildman–Crippen MR) is 468 cm³/mol. The summed E-state index contributed by atoms with van der Waals surface area (Å²) in [7, 11) is 8.02. The van der Waals surface area contributed by atoms with E-state index in [1.165, 1.54) is 110 Å². The van der Waals surface area contributed by atoms with Gasteiger partial charge < -0.3 is 34.1 Å². The third kappa shape index (κ3) is 14.6. The molecular weight excluding hydrogens is 1330 g/mol. The number of nitrogens with zero attached hydrogens (tertiary/aromatic N) is 6. The second-order valence-corrected chi connectivity index (χ2v) is 27.6. The van der Waals surface area contributed by atoms with Crippen molar-refractivity contribution in [2.24, 2.45) is 0 Å². The Morgan fingerprint density at radius 1 is 0.183 bits per heavy atom. The van der Waals surface area contributed by atoms with Crippen molar-refractivity contribution in [2.75, 3.05) is 57.7 Å². The number of anilines is 15. The van der Waals surface area contributed by atoms with Crippen LogP contribution in [0.2, 0.25) is 0 Å². The summed E-state index contributed by atoms with van der Waals surface area (Å²) in [5.74, 6) is 0.855. The van der Waals surface area contributed by atoms with Gasteiger partial charge in [-0.05, 0) is 209 Å². The minimum absolute atomic E-state index is 0.855. The highest BCUT2D eigenvalue weighted by atomic mass is 16.5. The van der Waals surface area contributed by atoms with Crippen LogP contribution in [0, 0.1) is 13.8 Å². The molecular formula is C102H84N6O. The SMILES string of the molecule is COc1ccc(N(C)c2ccc(N(c3cccc4ccccc34)c3cccc4ccccc34)cc2)cc1.Cc1ccc(N(C)c2ccc(N(c3cccc4ccccc34)c3cccc4ccccc34)cc2)cc1.Cc1cccc(N(C)c2ccc(N(c3cccc4ccccc34)c3cccc4ccccc34)cc2)c1. The Bertz CT molecular complexity index is 5930. The second-order valence-electron chi connectivity index (χ2n) is 27.6. The van der Waals surface area contributed by atoms with Gasteiger partial charge in [0.25, 0.3) is 0 Å². The van der Waals surface area contributed by atoms with E-state index in [2.05, 4.69) is 453 Å². The minimum Gasteiger partial charge on any atom is -0.497 e. The highest BCUT2D eigenvalue weighted by molar-refractivity contribution is 6.08. The lowest BCUT2D eigenvalue weighted by molar-refractivity contribution is 0.415. The Morgan fingerprint density at radius 2 is 0.394 bits per heavy atom. The molecule has 0 unspecified atom stereocenters. The number of benzene rings is 18. The van der Waals surface area contributed by atoms with Crippen molar-refractivity contribution in [3.8, 4) is 5.75 Å². The van der Waals surface area contributed by atoms with Gasteiger partial charge in [-0.2, -0.15) is 0 Å². The molecule has 0 saturated carbocycles. The molecule has 109 heavy (non-hydrogen) atoms. The van der Waals surface area contributed by atoms with Crippen LogP contribution >= 0.6 is 0 Å². The Morgan fingerprint density at radius 3 is 0.651 bits per heavy atom. The largest absolute Gasteiger partial charge is 0.497 e. The molecule has 0 fully saturated rings. The van der Waals surface area contributed by atoms with E-state index in [4.69, 9.17) is 4.74 Å². The molecule has 0 radical (unpaired) electrons. The van der Waals surface area contributed by atoms with E-state index in [1.807, 2.05) is 12.1 Å². The standard InChI is InChI=1S/C34H28N2O.2C34H28N2/c1-35(28-21-23-30(37-2)24-22-28)27-17-19-29(20-18-27)36(33-15-7-11-25-9-3-5-13-31(25)33)34-16-8-12-26-10-4-6-14-32(26)34;1-25-10-7-15-30(24-25)35(2)28-20-22-29(23-21-28)36(33-18-8-13-26-11-3-5-16-31(26)33)34-19-9-14-27-12-4-6-17-32(27)34;1-25-17-19-28(20-18-25)35(2)29-21-23-30(24-22-29)36(33-15-7-11-26-9-3-5-13-31(26)33)34-16-8-12-27-10-4-6-14-32(27)34/h3-24H,1-2H3;2*3-24H,1-2H3. The maximum atomic E-state index is 5.32. The van der Waals surface area contributed by atoms with E-state index < -0.39 is 0 Å². The van der Waals surface area contributed by atoms with Gasteiger partial charge in [-0.25, -0.2) is 0 Å². The fraction of sp³-hybridized carbons (Fsp3) is 0.0588. The van der Waals surface area contributed by atoms with Gasteiger partial charge in [0.1, 0.15) is 5.75 Å². The van der Waals surface area contributed by atoms with Gasteiger partial charge >= 0.3 is 0 Å². The first-order chi connectivity index (χ1) is 53.6. The molecule has 0 atom stereocenters. The lowest BCUT2D eigenvalue weighted by Gasteiger charge is -2.29. The number of hydrogen-bond donors (Lipinski definition) is 0. The van der Waals surface area contributed by atoms with Crippen LogP contribution in [0.5, 0.6) is 5.75 Å². The average molecular weight is 1410 g/mol. The molecule has 18 aromatic rings. The van der Waals surface area contributed by atoms with Crippen LogP contribution in [0.15, 0.2) is 400 Å². The molecule has 528 valence electrons. The first-order valence-electron chi connectivity index (χ1n) is 37.2. The average Bonchev–Trinajstić information content (AvgIpc) is 0.773. The summed E-state index contributed by atoms with van der Waals surface area (Å²) in [5, 5.41) is 14.7. The van der Waals surface area contributed by atoms with Gasteiger partial charge in [0.15, 0.2) is 0 Å². The predicted octanol–water partition coefficient (Wildman–Crippen LogP) is 28.3. The fourth-order valence-electron chi connectivity index (χ4n) is 15.0. The quantitative estimate of drug-likeness (QED) is 0.0952. The second kappa shape index (κ2) is 31.4. The first kappa shape index (κ1) is 69.5. The third-order valence-electron chi connectivity index (χ3n) is 20.8. The van der Waals surface area contributed by atoms with Crippen molar-refractivity contribution < 1.29 is 4.74 Å². The summed E-state index contributed by atoms with van der Waals surface area (Å²) >= 11 is 0. The maximum absolute atomic E-state index is 5.32. The molecule has 0 bridgehead atoms. The van der Waals surface area contributed by atoms with E-state index in [-0.39, 0.29) is 0 Å². The molecule has 0 aliphatic carbocycles.